The van der Waals surface area contributed by atoms with Crippen LogP contribution in [0, 0.1) is 0 Å². The summed E-state index contributed by atoms with van der Waals surface area (Å²) >= 11 is 3.25. The summed E-state index contributed by atoms with van der Waals surface area (Å²) in [5.74, 6) is 0. The van der Waals surface area contributed by atoms with Gasteiger partial charge in [0.1, 0.15) is 0 Å². The third-order valence-electron chi connectivity index (χ3n) is 3.63. The Morgan fingerprint density at radius 2 is 2.14 bits per heavy atom. The molecule has 2 rings (SSSR count). The van der Waals surface area contributed by atoms with Gasteiger partial charge in [-0.05, 0) is 53.0 Å². The minimum atomic E-state index is -3.57. The van der Waals surface area contributed by atoms with E-state index in [2.05, 4.69) is 32.5 Å². The molecular formula is C14H21BrN2O3S. The molecule has 0 radical (unpaired) electrons. The van der Waals surface area contributed by atoms with E-state index in [1.165, 1.54) is 18.9 Å². The topological polar surface area (TPSA) is 69.6 Å². The molecule has 1 aromatic rings. The van der Waals surface area contributed by atoms with Gasteiger partial charge >= 0.3 is 0 Å². The molecule has 1 aliphatic carbocycles. The van der Waals surface area contributed by atoms with Crippen molar-refractivity contribution < 1.29 is 13.5 Å². The highest BCUT2D eigenvalue weighted by molar-refractivity contribution is 9.10. The van der Waals surface area contributed by atoms with Gasteiger partial charge in [0.2, 0.25) is 10.0 Å². The summed E-state index contributed by atoms with van der Waals surface area (Å²) in [6.07, 6.45) is 2.43. The first-order valence-corrected chi connectivity index (χ1v) is 9.38. The maximum Gasteiger partial charge on any atom is 0.241 e. The van der Waals surface area contributed by atoms with E-state index in [-0.39, 0.29) is 11.5 Å². The van der Waals surface area contributed by atoms with Crippen molar-refractivity contribution in [1.29, 1.82) is 0 Å². The highest BCUT2D eigenvalue weighted by Crippen LogP contribution is 2.26. The molecule has 0 heterocycles. The number of hydrogen-bond donors (Lipinski definition) is 2. The van der Waals surface area contributed by atoms with Crippen LogP contribution in [0.2, 0.25) is 0 Å². The minimum absolute atomic E-state index is 0.170. The molecule has 0 spiro atoms. The van der Waals surface area contributed by atoms with Gasteiger partial charge in [-0.15, -0.1) is 0 Å². The largest absolute Gasteiger partial charge is 0.392 e. The average molecular weight is 377 g/mol. The molecule has 1 aromatic carbocycles. The lowest BCUT2D eigenvalue weighted by Gasteiger charge is -2.20. The van der Waals surface area contributed by atoms with Crippen molar-refractivity contribution in [3.63, 3.8) is 0 Å². The molecule has 1 fully saturated rings. The van der Waals surface area contributed by atoms with Crippen LogP contribution in [0.25, 0.3) is 0 Å². The Hall–Kier alpha value is -0.470. The van der Waals surface area contributed by atoms with E-state index in [1.807, 2.05) is 0 Å². The summed E-state index contributed by atoms with van der Waals surface area (Å²) in [6, 6.07) is 5.45. The van der Waals surface area contributed by atoms with Gasteiger partial charge in [0.15, 0.2) is 0 Å². The Balaban J connectivity index is 2.00. The number of aliphatic hydroxyl groups is 1. The van der Waals surface area contributed by atoms with Crippen LogP contribution >= 0.6 is 15.9 Å². The van der Waals surface area contributed by atoms with Crippen molar-refractivity contribution in [1.82, 2.24) is 9.62 Å². The van der Waals surface area contributed by atoms with E-state index >= 15 is 0 Å². The van der Waals surface area contributed by atoms with Gasteiger partial charge in [-0.3, -0.25) is 4.90 Å². The average Bonchev–Trinajstić information content (AvgIpc) is 3.28. The monoisotopic (exact) mass is 376 g/mol. The first kappa shape index (κ1) is 16.9. The number of aliphatic hydroxyl groups excluding tert-OH is 1. The van der Waals surface area contributed by atoms with E-state index in [9.17, 15) is 8.42 Å². The van der Waals surface area contributed by atoms with Crippen molar-refractivity contribution >= 4 is 26.0 Å². The second-order valence-corrected chi connectivity index (χ2v) is 7.77. The summed E-state index contributed by atoms with van der Waals surface area (Å²) in [6.45, 7) is 3.96. The maximum atomic E-state index is 12.3. The minimum Gasteiger partial charge on any atom is -0.392 e. The Morgan fingerprint density at radius 1 is 1.43 bits per heavy atom. The van der Waals surface area contributed by atoms with Crippen molar-refractivity contribution in [2.75, 3.05) is 19.6 Å². The molecule has 118 valence electrons. The van der Waals surface area contributed by atoms with Crippen LogP contribution in [-0.4, -0.2) is 44.1 Å². The Bertz CT molecular complexity index is 588. The fraction of sp³-hybridized carbons (Fsp3) is 0.571. The van der Waals surface area contributed by atoms with Gasteiger partial charge in [0.05, 0.1) is 11.5 Å². The van der Waals surface area contributed by atoms with Crippen LogP contribution < -0.4 is 4.72 Å². The SMILES string of the molecule is CCN(CCNS(=O)(=O)c1cc(CO)ccc1Br)C1CC1. The van der Waals surface area contributed by atoms with Crippen LogP contribution in [0.4, 0.5) is 0 Å². The Kier molecular flexibility index (Phi) is 5.79. The summed E-state index contributed by atoms with van der Waals surface area (Å²) in [5, 5.41) is 9.13. The number of rotatable bonds is 8. The van der Waals surface area contributed by atoms with Crippen LogP contribution in [0.1, 0.15) is 25.3 Å². The van der Waals surface area contributed by atoms with Crippen molar-refractivity contribution in [3.8, 4) is 0 Å². The molecule has 0 aromatic heterocycles. The summed E-state index contributed by atoms with van der Waals surface area (Å²) < 4.78 is 27.8. The van der Waals surface area contributed by atoms with Gasteiger partial charge in [-0.1, -0.05) is 13.0 Å². The number of nitrogens with zero attached hydrogens (tertiary/aromatic N) is 1. The van der Waals surface area contributed by atoms with Gasteiger partial charge in [-0.25, -0.2) is 13.1 Å². The third-order valence-corrected chi connectivity index (χ3v) is 6.08. The van der Waals surface area contributed by atoms with Gasteiger partial charge in [-0.2, -0.15) is 0 Å². The van der Waals surface area contributed by atoms with Crippen molar-refractivity contribution in [3.05, 3.63) is 28.2 Å². The van der Waals surface area contributed by atoms with E-state index in [0.717, 1.165) is 13.1 Å². The van der Waals surface area contributed by atoms with E-state index in [1.54, 1.807) is 12.1 Å². The van der Waals surface area contributed by atoms with Crippen LogP contribution in [0.15, 0.2) is 27.6 Å². The summed E-state index contributed by atoms with van der Waals surface area (Å²) in [7, 11) is -3.57. The lowest BCUT2D eigenvalue weighted by Crippen LogP contribution is -2.36. The molecule has 7 heteroatoms. The smallest absolute Gasteiger partial charge is 0.241 e. The zero-order chi connectivity index (χ0) is 15.5. The number of likely N-dealkylation sites (N-methyl/N-ethyl adjacent to an activating group) is 1. The van der Waals surface area contributed by atoms with E-state index in [4.69, 9.17) is 5.11 Å². The number of halogens is 1. The number of nitrogens with one attached hydrogen (secondary N) is 1. The van der Waals surface area contributed by atoms with E-state index < -0.39 is 10.0 Å². The maximum absolute atomic E-state index is 12.3. The molecule has 0 amide bonds. The third kappa shape index (κ3) is 4.50. The fourth-order valence-corrected chi connectivity index (χ4v) is 4.32. The molecular weight excluding hydrogens is 356 g/mol. The molecule has 5 nitrogen and oxygen atoms in total. The zero-order valence-electron chi connectivity index (χ0n) is 12.0. The van der Waals surface area contributed by atoms with Crippen LogP contribution in [0.5, 0.6) is 0 Å². The molecule has 0 unspecified atom stereocenters. The second-order valence-electron chi connectivity index (χ2n) is 5.18. The lowest BCUT2D eigenvalue weighted by molar-refractivity contribution is 0.281. The van der Waals surface area contributed by atoms with E-state index in [0.29, 0.717) is 22.6 Å². The second kappa shape index (κ2) is 7.19. The fourth-order valence-electron chi connectivity index (χ4n) is 2.29. The summed E-state index contributed by atoms with van der Waals surface area (Å²) in [5.41, 5.74) is 0.576. The number of benzene rings is 1. The van der Waals surface area contributed by atoms with Crippen molar-refractivity contribution in [2.24, 2.45) is 0 Å². The Morgan fingerprint density at radius 3 is 2.71 bits per heavy atom. The highest BCUT2D eigenvalue weighted by atomic mass is 79.9. The first-order chi connectivity index (χ1) is 9.97. The molecule has 0 bridgehead atoms. The molecule has 21 heavy (non-hydrogen) atoms. The number of sulfonamides is 1. The summed E-state index contributed by atoms with van der Waals surface area (Å²) in [4.78, 5) is 2.46. The number of hydrogen-bond acceptors (Lipinski definition) is 4. The molecule has 1 saturated carbocycles. The van der Waals surface area contributed by atoms with Crippen molar-refractivity contribution in [2.45, 2.75) is 37.3 Å². The lowest BCUT2D eigenvalue weighted by atomic mass is 10.2. The zero-order valence-corrected chi connectivity index (χ0v) is 14.5. The Labute approximate surface area is 134 Å². The molecule has 0 saturated heterocycles. The molecule has 2 N–H and O–H groups in total. The molecule has 1 aliphatic rings. The highest BCUT2D eigenvalue weighted by Gasteiger charge is 2.27. The standard InChI is InChI=1S/C14H21BrN2O3S/c1-2-17(12-4-5-12)8-7-16-21(19,20)14-9-11(10-18)3-6-13(14)15/h3,6,9,12,16,18H,2,4-5,7-8,10H2,1H3. The normalized spacial score (nSPS) is 15.6. The van der Waals surface area contributed by atoms with Crippen LogP contribution in [0.3, 0.4) is 0 Å². The quantitative estimate of drug-likeness (QED) is 0.724. The molecule has 0 atom stereocenters. The predicted octanol–water partition coefficient (Wildman–Crippen LogP) is 1.70. The predicted molar refractivity (Wildman–Crippen MR) is 85.5 cm³/mol. The van der Waals surface area contributed by atoms with Gasteiger partial charge in [0.25, 0.3) is 0 Å². The first-order valence-electron chi connectivity index (χ1n) is 7.11. The molecule has 0 aliphatic heterocycles. The van der Waals surface area contributed by atoms with Gasteiger partial charge < -0.3 is 5.11 Å². The van der Waals surface area contributed by atoms with Gasteiger partial charge in [0, 0.05) is 23.6 Å². The van der Waals surface area contributed by atoms with Crippen LogP contribution in [-0.2, 0) is 16.6 Å².